The van der Waals surface area contributed by atoms with Crippen molar-refractivity contribution in [2.45, 2.75) is 40.0 Å². The van der Waals surface area contributed by atoms with E-state index in [0.29, 0.717) is 5.92 Å². The van der Waals surface area contributed by atoms with Crippen molar-refractivity contribution < 1.29 is 0 Å². The van der Waals surface area contributed by atoms with E-state index in [4.69, 9.17) is 0 Å². The molecule has 0 spiro atoms. The number of fused-ring (bicyclic) bond motifs is 3. The summed E-state index contributed by atoms with van der Waals surface area (Å²) in [4.78, 5) is 0. The molecule has 0 aliphatic heterocycles. The lowest BCUT2D eigenvalue weighted by Gasteiger charge is -2.22. The van der Waals surface area contributed by atoms with Crippen molar-refractivity contribution in [3.8, 4) is 55.6 Å². The fraction of sp³-hybridized carbons (Fsp3) is 0.125. The van der Waals surface area contributed by atoms with Crippen LogP contribution in [0.15, 0.2) is 169 Å². The predicted octanol–water partition coefficient (Wildman–Crippen LogP) is 13.9. The standard InChI is InChI=1S/C54H40.C2H6/c1-2-16-36(39-32-31-37-17-6-7-18-38(37)33-39)19-14-28-44-45-21-4-3-5-25-50(45)54(51-26-12-10-23-46(44)51)52-27-13-11-24-47(52)49-30-15-29-48-43-22-9-8-20-42(43)40-34-41(35-40)53(48)49;1-2/h3,5-27,29-31,33-35,39H,2,28,32H2,1H3;1-2H3/b19-14-,36-16+;. The number of hydrogen-bond donors (Lipinski definition) is 0. The minimum atomic E-state index is 0.383. The highest BCUT2D eigenvalue weighted by molar-refractivity contribution is 6.11. The fourth-order valence-electron chi connectivity index (χ4n) is 9.08. The lowest BCUT2D eigenvalue weighted by Crippen LogP contribution is -2.28. The normalized spacial score (nSPS) is 14.8. The Morgan fingerprint density at radius 2 is 1.29 bits per heavy atom. The van der Waals surface area contributed by atoms with Crippen LogP contribution in [0.1, 0.15) is 50.3 Å². The van der Waals surface area contributed by atoms with E-state index < -0.39 is 0 Å². The van der Waals surface area contributed by atoms with E-state index in [-0.39, 0.29) is 0 Å². The largest absolute Gasteiger partial charge is 0.120 e. The van der Waals surface area contributed by atoms with Gasteiger partial charge in [0.1, 0.15) is 0 Å². The van der Waals surface area contributed by atoms with Crippen LogP contribution in [-0.2, 0) is 6.42 Å². The van der Waals surface area contributed by atoms with Crippen LogP contribution in [-0.4, -0.2) is 0 Å². The summed E-state index contributed by atoms with van der Waals surface area (Å²) < 4.78 is 0. The molecule has 0 nitrogen and oxygen atoms in total. The van der Waals surface area contributed by atoms with E-state index in [1.54, 1.807) is 0 Å². The van der Waals surface area contributed by atoms with Gasteiger partial charge in [-0.05, 0) is 143 Å². The van der Waals surface area contributed by atoms with Gasteiger partial charge >= 0.3 is 0 Å². The van der Waals surface area contributed by atoms with E-state index in [2.05, 4.69) is 189 Å². The summed E-state index contributed by atoms with van der Waals surface area (Å²) in [6, 6.07) is 47.2. The van der Waals surface area contributed by atoms with Gasteiger partial charge in [-0.2, -0.15) is 0 Å². The second kappa shape index (κ2) is 15.3. The molecule has 7 aromatic carbocycles. The fourth-order valence-corrected chi connectivity index (χ4v) is 9.08. The van der Waals surface area contributed by atoms with Crippen molar-refractivity contribution in [1.82, 2.24) is 0 Å². The first-order valence-corrected chi connectivity index (χ1v) is 20.3. The van der Waals surface area contributed by atoms with Gasteiger partial charge in [-0.15, -0.1) is 5.73 Å². The highest BCUT2D eigenvalue weighted by Crippen LogP contribution is 2.52. The van der Waals surface area contributed by atoms with E-state index in [0.717, 1.165) is 19.3 Å². The molecule has 0 radical (unpaired) electrons. The van der Waals surface area contributed by atoms with Crippen LogP contribution in [0.3, 0.4) is 0 Å². The molecule has 1 unspecified atom stereocenters. The molecule has 2 bridgehead atoms. The topological polar surface area (TPSA) is 0 Å². The van der Waals surface area contributed by atoms with Gasteiger partial charge in [0.15, 0.2) is 0 Å². The molecule has 0 amide bonds. The Bertz CT molecular complexity index is 2890. The van der Waals surface area contributed by atoms with Crippen molar-refractivity contribution in [3.05, 3.63) is 196 Å². The Balaban J connectivity index is 0.00000202. The van der Waals surface area contributed by atoms with Gasteiger partial charge in [0, 0.05) is 5.92 Å². The quantitative estimate of drug-likeness (QED) is 0.114. The molecule has 270 valence electrons. The first-order chi connectivity index (χ1) is 27.8. The van der Waals surface area contributed by atoms with E-state index in [9.17, 15) is 0 Å². The van der Waals surface area contributed by atoms with Crippen LogP contribution >= 0.6 is 0 Å². The first kappa shape index (κ1) is 35.3. The summed E-state index contributed by atoms with van der Waals surface area (Å²) in [5, 5.41) is 5.25. The molecule has 4 aliphatic carbocycles. The second-order valence-corrected chi connectivity index (χ2v) is 14.6. The minimum Gasteiger partial charge on any atom is -0.120 e. The number of rotatable bonds is 7. The molecule has 0 aromatic heterocycles. The molecular weight excluding hydrogens is 673 g/mol. The summed E-state index contributed by atoms with van der Waals surface area (Å²) in [5.74, 6) is 0.383. The second-order valence-electron chi connectivity index (χ2n) is 14.6. The van der Waals surface area contributed by atoms with Gasteiger partial charge in [-0.3, -0.25) is 0 Å². The van der Waals surface area contributed by atoms with Crippen LogP contribution < -0.4 is 10.4 Å². The van der Waals surface area contributed by atoms with Gasteiger partial charge in [0.2, 0.25) is 0 Å². The predicted molar refractivity (Wildman–Crippen MR) is 243 cm³/mol. The lowest BCUT2D eigenvalue weighted by molar-refractivity contribution is 0.844. The lowest BCUT2D eigenvalue weighted by atomic mass is 9.81. The highest BCUT2D eigenvalue weighted by Gasteiger charge is 2.26. The molecule has 7 aromatic rings. The first-order valence-electron chi connectivity index (χ1n) is 20.3. The zero-order valence-electron chi connectivity index (χ0n) is 32.5. The van der Waals surface area contributed by atoms with Crippen LogP contribution in [0.5, 0.6) is 0 Å². The van der Waals surface area contributed by atoms with Gasteiger partial charge in [0.05, 0.1) is 0 Å². The Hall–Kier alpha value is -6.46. The van der Waals surface area contributed by atoms with E-state index in [1.165, 1.54) is 99.1 Å². The van der Waals surface area contributed by atoms with Gasteiger partial charge in [0.25, 0.3) is 0 Å². The monoisotopic (exact) mass is 718 g/mol. The van der Waals surface area contributed by atoms with Crippen molar-refractivity contribution in [2.24, 2.45) is 5.92 Å². The Kier molecular flexibility index (Phi) is 9.66. The van der Waals surface area contributed by atoms with Crippen LogP contribution in [0.25, 0.3) is 90.7 Å². The zero-order valence-corrected chi connectivity index (χ0v) is 32.5. The summed E-state index contributed by atoms with van der Waals surface area (Å²) >= 11 is 0. The molecule has 0 fully saturated rings. The highest BCUT2D eigenvalue weighted by atomic mass is 14.3. The van der Waals surface area contributed by atoms with Crippen molar-refractivity contribution in [1.29, 1.82) is 0 Å². The molecule has 1 atom stereocenters. The molecule has 11 rings (SSSR count). The number of benzene rings is 6. The third-order valence-electron chi connectivity index (χ3n) is 11.5. The Morgan fingerprint density at radius 3 is 2.05 bits per heavy atom. The smallest absolute Gasteiger partial charge is 0.00587 e. The van der Waals surface area contributed by atoms with Gasteiger partial charge < -0.3 is 0 Å². The third-order valence-corrected chi connectivity index (χ3v) is 11.5. The summed E-state index contributed by atoms with van der Waals surface area (Å²) in [5.41, 5.74) is 21.6. The number of allylic oxidation sites excluding steroid dienone is 6. The third kappa shape index (κ3) is 6.14. The molecule has 0 N–H and O–H groups in total. The molecule has 0 saturated heterocycles. The van der Waals surface area contributed by atoms with Crippen molar-refractivity contribution in [3.63, 3.8) is 0 Å². The Labute approximate surface area is 331 Å². The average molecular weight is 719 g/mol. The van der Waals surface area contributed by atoms with Crippen molar-refractivity contribution >= 4 is 35.1 Å². The molecular formula is C56H46. The summed E-state index contributed by atoms with van der Waals surface area (Å²) in [6.45, 7) is 6.24. The molecule has 0 heterocycles. The van der Waals surface area contributed by atoms with Crippen molar-refractivity contribution in [2.75, 3.05) is 0 Å². The van der Waals surface area contributed by atoms with Gasteiger partial charge in [-0.1, -0.05) is 179 Å². The molecule has 56 heavy (non-hydrogen) atoms. The van der Waals surface area contributed by atoms with Crippen LogP contribution in [0.2, 0.25) is 0 Å². The van der Waals surface area contributed by atoms with Crippen LogP contribution in [0, 0.1) is 5.92 Å². The maximum atomic E-state index is 3.49. The maximum absolute atomic E-state index is 3.49. The minimum absolute atomic E-state index is 0.383. The van der Waals surface area contributed by atoms with Crippen LogP contribution in [0.4, 0.5) is 0 Å². The average Bonchev–Trinajstić information content (AvgIpc) is 3.63. The van der Waals surface area contributed by atoms with Gasteiger partial charge in [-0.25, -0.2) is 0 Å². The summed E-state index contributed by atoms with van der Waals surface area (Å²) in [6.07, 6.45) is 23.6. The van der Waals surface area contributed by atoms with E-state index in [1.807, 2.05) is 19.9 Å². The summed E-state index contributed by atoms with van der Waals surface area (Å²) in [7, 11) is 0. The molecule has 4 aliphatic rings. The molecule has 0 saturated carbocycles. The molecule has 0 heteroatoms. The maximum Gasteiger partial charge on any atom is 0.00587 e. The SMILES string of the molecule is CC.CC/C=C(\C=C/Cc1c2c(c(-c3ccccc3-c3cccc4c3-c3cc(c3)-c3ccccc3-4)c3ccccc13)C=CC=C=C2)C1C=c2ccccc2=CC1. The van der Waals surface area contributed by atoms with E-state index >= 15 is 0 Å². The zero-order chi connectivity index (χ0) is 38.0. The Morgan fingerprint density at radius 1 is 0.643 bits per heavy atom. The number of hydrogen-bond acceptors (Lipinski definition) is 0.